The van der Waals surface area contributed by atoms with E-state index in [4.69, 9.17) is 27.1 Å². The molecule has 0 aliphatic rings. The van der Waals surface area contributed by atoms with E-state index in [1.807, 2.05) is 72.8 Å². The maximum absolute atomic E-state index is 13.4. The number of aliphatic carboxylic acids is 1. The van der Waals surface area contributed by atoms with Crippen LogP contribution in [-0.4, -0.2) is 59.6 Å². The lowest BCUT2D eigenvalue weighted by Crippen LogP contribution is -2.53. The molecular weight excluding hydrogens is 581 g/mol. The maximum Gasteiger partial charge on any atom is 0.490 e. The van der Waals surface area contributed by atoms with E-state index in [1.54, 1.807) is 12.1 Å². The van der Waals surface area contributed by atoms with E-state index in [0.717, 1.165) is 16.7 Å². The number of alkyl halides is 3. The average Bonchev–Trinajstić information content (AvgIpc) is 2.98. The molecule has 0 aliphatic heterocycles. The summed E-state index contributed by atoms with van der Waals surface area (Å²) in [6.07, 6.45) is -4.18. The van der Waals surface area contributed by atoms with Crippen molar-refractivity contribution in [3.8, 4) is 11.1 Å². The lowest BCUT2D eigenvalue weighted by molar-refractivity contribution is -0.192. The van der Waals surface area contributed by atoms with Gasteiger partial charge in [-0.15, -0.1) is 0 Å². The third-order valence-electron chi connectivity index (χ3n) is 6.01. The van der Waals surface area contributed by atoms with Crippen LogP contribution in [0.2, 0.25) is 0 Å². The largest absolute Gasteiger partial charge is 0.490 e. The van der Waals surface area contributed by atoms with E-state index >= 15 is 0 Å². The van der Waals surface area contributed by atoms with Crippen LogP contribution in [0.1, 0.15) is 28.8 Å². The standard InChI is InChI=1S/C28H32N6O3.C2HF3O2/c29-25(35)24(18-19-10-3-1-4-11-19)34-27(37)23(16-9-17-32-28(30)31)33-26(36)22-15-8-7-14-21(22)20-12-5-2-6-13-20;3-2(4,5)1(6)7/h1-8,10-15,23-24H,9,16-18H2,(H2,29,35)(H,33,36)(H,34,37)(H4,30,31,32);(H,6,7)/t23-,24-;/m1./s1. The van der Waals surface area contributed by atoms with Gasteiger partial charge in [0.25, 0.3) is 5.91 Å². The lowest BCUT2D eigenvalue weighted by Gasteiger charge is -2.22. The maximum atomic E-state index is 13.4. The van der Waals surface area contributed by atoms with Gasteiger partial charge < -0.3 is 32.9 Å². The molecule has 0 aliphatic carbocycles. The molecule has 0 saturated heterocycles. The number of halogens is 3. The molecule has 0 radical (unpaired) electrons. The highest BCUT2D eigenvalue weighted by Gasteiger charge is 2.38. The van der Waals surface area contributed by atoms with Crippen LogP contribution in [0, 0.1) is 0 Å². The number of aliphatic imine (C=N–C) groups is 1. The second-order valence-corrected chi connectivity index (χ2v) is 9.34. The van der Waals surface area contributed by atoms with Gasteiger partial charge in [-0.2, -0.15) is 13.2 Å². The fourth-order valence-electron chi connectivity index (χ4n) is 3.90. The van der Waals surface area contributed by atoms with Gasteiger partial charge in [-0.25, -0.2) is 4.79 Å². The van der Waals surface area contributed by atoms with E-state index in [9.17, 15) is 27.6 Å². The van der Waals surface area contributed by atoms with E-state index in [0.29, 0.717) is 12.0 Å². The molecule has 0 fully saturated rings. The molecule has 0 unspecified atom stereocenters. The second kappa shape index (κ2) is 16.9. The first-order valence-corrected chi connectivity index (χ1v) is 13.2. The van der Waals surface area contributed by atoms with Crippen molar-refractivity contribution in [1.82, 2.24) is 10.6 Å². The number of carbonyl (C=O) groups is 4. The minimum Gasteiger partial charge on any atom is -0.475 e. The summed E-state index contributed by atoms with van der Waals surface area (Å²) in [6.45, 7) is 0.284. The summed E-state index contributed by atoms with van der Waals surface area (Å²) in [5.41, 5.74) is 19.2. The molecule has 14 heteroatoms. The lowest BCUT2D eigenvalue weighted by atomic mass is 9.98. The predicted molar refractivity (Wildman–Crippen MR) is 158 cm³/mol. The molecule has 9 N–H and O–H groups in total. The molecule has 0 spiro atoms. The van der Waals surface area contributed by atoms with Gasteiger partial charge in [0.2, 0.25) is 11.8 Å². The molecule has 3 aromatic carbocycles. The Bertz CT molecular complexity index is 1430. The Balaban J connectivity index is 0.000000860. The summed E-state index contributed by atoms with van der Waals surface area (Å²) in [7, 11) is 0. The number of hydrogen-bond acceptors (Lipinski definition) is 5. The first kappa shape index (κ1) is 34.8. The van der Waals surface area contributed by atoms with Crippen LogP contribution in [0.4, 0.5) is 13.2 Å². The molecule has 234 valence electrons. The van der Waals surface area contributed by atoms with Crippen LogP contribution in [0.3, 0.4) is 0 Å². The number of carbonyl (C=O) groups excluding carboxylic acids is 3. The van der Waals surface area contributed by atoms with Crippen LogP contribution in [0.5, 0.6) is 0 Å². The van der Waals surface area contributed by atoms with E-state index in [-0.39, 0.29) is 25.3 Å². The number of carboxylic acids is 1. The number of nitrogens with zero attached hydrogens (tertiary/aromatic N) is 1. The zero-order valence-corrected chi connectivity index (χ0v) is 23.5. The number of hydrogen-bond donors (Lipinski definition) is 6. The number of carboxylic acid groups (broad SMARTS) is 1. The Morgan fingerprint density at radius 1 is 0.795 bits per heavy atom. The molecule has 2 atom stereocenters. The molecule has 0 saturated carbocycles. The van der Waals surface area contributed by atoms with E-state index in [1.165, 1.54) is 0 Å². The molecule has 0 heterocycles. The van der Waals surface area contributed by atoms with Crippen molar-refractivity contribution in [3.63, 3.8) is 0 Å². The summed E-state index contributed by atoms with van der Waals surface area (Å²) in [6, 6.07) is 24.0. The van der Waals surface area contributed by atoms with Crippen LogP contribution in [-0.2, 0) is 20.8 Å². The molecule has 3 rings (SSSR count). The molecule has 44 heavy (non-hydrogen) atoms. The van der Waals surface area contributed by atoms with E-state index < -0.39 is 42.0 Å². The van der Waals surface area contributed by atoms with Gasteiger partial charge in [0, 0.05) is 18.5 Å². The Hall–Kier alpha value is -5.40. The summed E-state index contributed by atoms with van der Waals surface area (Å²) < 4.78 is 31.7. The molecule has 3 amide bonds. The number of amides is 3. The highest BCUT2D eigenvalue weighted by Crippen LogP contribution is 2.23. The van der Waals surface area contributed by atoms with Gasteiger partial charge in [0.1, 0.15) is 12.1 Å². The number of benzene rings is 3. The average molecular weight is 615 g/mol. The van der Waals surface area contributed by atoms with Crippen molar-refractivity contribution >= 4 is 29.7 Å². The minimum atomic E-state index is -5.08. The van der Waals surface area contributed by atoms with Crippen molar-refractivity contribution in [2.45, 2.75) is 37.5 Å². The summed E-state index contributed by atoms with van der Waals surface area (Å²) >= 11 is 0. The van der Waals surface area contributed by atoms with Gasteiger partial charge in [-0.05, 0) is 35.6 Å². The van der Waals surface area contributed by atoms with Gasteiger partial charge in [-0.1, -0.05) is 78.9 Å². The Morgan fingerprint density at radius 3 is 1.89 bits per heavy atom. The van der Waals surface area contributed by atoms with Crippen molar-refractivity contribution < 1.29 is 37.5 Å². The Morgan fingerprint density at radius 2 is 1.34 bits per heavy atom. The summed E-state index contributed by atoms with van der Waals surface area (Å²) in [5, 5.41) is 12.7. The normalized spacial score (nSPS) is 12.0. The number of nitrogens with one attached hydrogen (secondary N) is 2. The number of rotatable bonds is 12. The fraction of sp³-hybridized carbons (Fsp3) is 0.233. The predicted octanol–water partition coefficient (Wildman–Crippen LogP) is 2.35. The molecule has 11 nitrogen and oxygen atoms in total. The monoisotopic (exact) mass is 614 g/mol. The van der Waals surface area contributed by atoms with Gasteiger partial charge in [0.05, 0.1) is 0 Å². The Labute approximate surface area is 251 Å². The zero-order chi connectivity index (χ0) is 32.7. The van der Waals surface area contributed by atoms with Gasteiger partial charge in [0.15, 0.2) is 5.96 Å². The highest BCUT2D eigenvalue weighted by atomic mass is 19.4. The fourth-order valence-corrected chi connectivity index (χ4v) is 3.90. The van der Waals surface area contributed by atoms with E-state index in [2.05, 4.69) is 15.6 Å². The zero-order valence-electron chi connectivity index (χ0n) is 23.5. The molecule has 3 aromatic rings. The van der Waals surface area contributed by atoms with Crippen molar-refractivity contribution in [2.75, 3.05) is 6.54 Å². The third kappa shape index (κ3) is 11.8. The first-order valence-electron chi connectivity index (χ1n) is 13.2. The topological polar surface area (TPSA) is 203 Å². The summed E-state index contributed by atoms with van der Waals surface area (Å²) in [5.74, 6) is -4.42. The van der Waals surface area contributed by atoms with Crippen LogP contribution in [0.15, 0.2) is 89.9 Å². The summed E-state index contributed by atoms with van der Waals surface area (Å²) in [4.78, 5) is 51.6. The molecular formula is C30H33F3N6O5. The Kier molecular flexibility index (Phi) is 13.4. The molecule has 0 aromatic heterocycles. The first-order chi connectivity index (χ1) is 20.8. The van der Waals surface area contributed by atoms with Gasteiger partial charge in [-0.3, -0.25) is 19.4 Å². The third-order valence-corrected chi connectivity index (χ3v) is 6.01. The SMILES string of the molecule is NC(=O)[C@@H](Cc1ccccc1)NC(=O)[C@@H](CCCN=C(N)N)NC(=O)c1ccccc1-c1ccccc1.O=C(O)C(F)(F)F. The number of primary amides is 1. The quantitative estimate of drug-likeness (QED) is 0.102. The minimum absolute atomic E-state index is 0.0570. The van der Waals surface area contributed by atoms with Crippen LogP contribution in [0.25, 0.3) is 11.1 Å². The highest BCUT2D eigenvalue weighted by molar-refractivity contribution is 6.03. The second-order valence-electron chi connectivity index (χ2n) is 9.34. The van der Waals surface area contributed by atoms with Gasteiger partial charge >= 0.3 is 12.1 Å². The van der Waals surface area contributed by atoms with Crippen LogP contribution >= 0.6 is 0 Å². The van der Waals surface area contributed by atoms with Crippen molar-refractivity contribution in [1.29, 1.82) is 0 Å². The molecule has 0 bridgehead atoms. The number of guanidine groups is 1. The smallest absolute Gasteiger partial charge is 0.475 e. The number of nitrogens with two attached hydrogens (primary N) is 3. The van der Waals surface area contributed by atoms with Crippen LogP contribution < -0.4 is 27.8 Å². The van der Waals surface area contributed by atoms with Crippen molar-refractivity contribution in [2.24, 2.45) is 22.2 Å². The van der Waals surface area contributed by atoms with Crippen molar-refractivity contribution in [3.05, 3.63) is 96.1 Å².